The molecule has 0 aromatic heterocycles. The van der Waals surface area contributed by atoms with E-state index in [0.29, 0.717) is 23.5 Å². The lowest BCUT2D eigenvalue weighted by molar-refractivity contribution is -0.120. The van der Waals surface area contributed by atoms with Crippen LogP contribution in [0.15, 0.2) is 23.3 Å². The lowest BCUT2D eigenvalue weighted by Gasteiger charge is -2.54. The van der Waals surface area contributed by atoms with Gasteiger partial charge in [-0.15, -0.1) is 0 Å². The summed E-state index contributed by atoms with van der Waals surface area (Å²) in [7, 11) is 0. The smallest absolute Gasteiger partial charge is 0.168 e. The summed E-state index contributed by atoms with van der Waals surface area (Å²) in [5.41, 5.74) is 3.61. The molecule has 1 heterocycles. The second-order valence-electron chi connectivity index (χ2n) is 11.9. The normalized spacial score (nSPS) is 46.3. The summed E-state index contributed by atoms with van der Waals surface area (Å²) >= 11 is 0. The molecule has 4 aliphatic carbocycles. The molecule has 0 spiro atoms. The van der Waals surface area contributed by atoms with Crippen LogP contribution in [0.25, 0.3) is 0 Å². The van der Waals surface area contributed by atoms with Crippen molar-refractivity contribution in [2.24, 2.45) is 40.4 Å². The number of carbonyl (C=O) groups excluding carboxylic acids is 1. The van der Waals surface area contributed by atoms with Crippen molar-refractivity contribution in [1.29, 1.82) is 0 Å². The standard InChI is InChI=1S/C27H40O2/c1-16(2)7-6-8-17(3)20-11-12-21-19-10-9-18-15-23(28)24-25(29-24)27(18,5)22(19)13-14-26(20,21)4/h9-10,16-17,20-22,24-25H,6-8,11-15H2,1-5H3/t17-,20-,21-,22+,24+,25-,26-,27-/m1/s1. The number of ketones is 1. The van der Waals surface area contributed by atoms with Crippen molar-refractivity contribution in [3.05, 3.63) is 23.3 Å². The van der Waals surface area contributed by atoms with Crippen LogP contribution < -0.4 is 0 Å². The van der Waals surface area contributed by atoms with E-state index in [1.54, 1.807) is 5.57 Å². The van der Waals surface area contributed by atoms with Gasteiger partial charge in [-0.1, -0.05) is 77.2 Å². The van der Waals surface area contributed by atoms with E-state index in [-0.39, 0.29) is 17.6 Å². The third-order valence-electron chi connectivity index (χ3n) is 9.97. The first-order valence-corrected chi connectivity index (χ1v) is 12.4. The monoisotopic (exact) mass is 396 g/mol. The molecule has 2 nitrogen and oxygen atoms in total. The maximum absolute atomic E-state index is 12.3. The van der Waals surface area contributed by atoms with Crippen LogP contribution in [0.4, 0.5) is 0 Å². The molecule has 0 aromatic rings. The van der Waals surface area contributed by atoms with E-state index in [0.717, 1.165) is 23.7 Å². The molecule has 29 heavy (non-hydrogen) atoms. The molecule has 0 amide bonds. The van der Waals surface area contributed by atoms with Crippen molar-refractivity contribution >= 4 is 5.78 Å². The summed E-state index contributed by atoms with van der Waals surface area (Å²) in [6.07, 6.45) is 15.0. The van der Waals surface area contributed by atoms with Gasteiger partial charge in [-0.3, -0.25) is 4.79 Å². The second-order valence-corrected chi connectivity index (χ2v) is 11.9. The van der Waals surface area contributed by atoms with Gasteiger partial charge >= 0.3 is 0 Å². The van der Waals surface area contributed by atoms with E-state index in [4.69, 9.17) is 4.74 Å². The van der Waals surface area contributed by atoms with Gasteiger partial charge < -0.3 is 4.74 Å². The third kappa shape index (κ3) is 2.87. The molecule has 1 aliphatic heterocycles. The highest BCUT2D eigenvalue weighted by molar-refractivity contribution is 5.90. The molecule has 1 saturated heterocycles. The topological polar surface area (TPSA) is 29.6 Å². The third-order valence-corrected chi connectivity index (χ3v) is 9.97. The van der Waals surface area contributed by atoms with Gasteiger partial charge in [0.1, 0.15) is 12.2 Å². The van der Waals surface area contributed by atoms with Crippen LogP contribution in [-0.4, -0.2) is 18.0 Å². The van der Waals surface area contributed by atoms with Crippen LogP contribution in [-0.2, 0) is 9.53 Å². The van der Waals surface area contributed by atoms with Gasteiger partial charge in [0.15, 0.2) is 5.78 Å². The number of allylic oxidation sites excluding steroid dienone is 3. The van der Waals surface area contributed by atoms with Gasteiger partial charge in [-0.05, 0) is 60.7 Å². The molecule has 0 N–H and O–H groups in total. The zero-order valence-corrected chi connectivity index (χ0v) is 19.2. The highest BCUT2D eigenvalue weighted by Gasteiger charge is 2.66. The fraction of sp³-hybridized carbons (Fsp3) is 0.815. The van der Waals surface area contributed by atoms with Crippen molar-refractivity contribution in [3.8, 4) is 0 Å². The zero-order valence-electron chi connectivity index (χ0n) is 19.2. The van der Waals surface area contributed by atoms with E-state index in [9.17, 15) is 4.79 Å². The van der Waals surface area contributed by atoms with Gasteiger partial charge in [0.2, 0.25) is 0 Å². The fourth-order valence-corrected chi connectivity index (χ4v) is 8.23. The molecule has 2 heteroatoms. The first-order valence-electron chi connectivity index (χ1n) is 12.4. The summed E-state index contributed by atoms with van der Waals surface area (Å²) < 4.78 is 5.95. The average molecular weight is 397 g/mol. The van der Waals surface area contributed by atoms with Crippen LogP contribution in [0.2, 0.25) is 0 Å². The minimum absolute atomic E-state index is 0.0744. The van der Waals surface area contributed by atoms with Gasteiger partial charge in [-0.2, -0.15) is 0 Å². The Balaban J connectivity index is 1.38. The Kier molecular flexibility index (Phi) is 4.70. The molecule has 0 radical (unpaired) electrons. The first-order chi connectivity index (χ1) is 13.8. The molecular weight excluding hydrogens is 356 g/mol. The molecular formula is C27H40O2. The number of Topliss-reactive ketones (excluding diaryl/α,β-unsaturated/α-hetero) is 1. The van der Waals surface area contributed by atoms with Crippen LogP contribution in [0, 0.1) is 40.4 Å². The first kappa shape index (κ1) is 20.0. The number of epoxide rings is 1. The molecule has 0 bridgehead atoms. The van der Waals surface area contributed by atoms with Crippen molar-refractivity contribution in [2.45, 2.75) is 98.2 Å². The quantitative estimate of drug-likeness (QED) is 0.496. The second kappa shape index (κ2) is 6.81. The Hall–Kier alpha value is -0.890. The Morgan fingerprint density at radius 2 is 1.86 bits per heavy atom. The molecule has 160 valence electrons. The molecule has 5 aliphatic rings. The van der Waals surface area contributed by atoms with Gasteiger partial charge in [0.25, 0.3) is 0 Å². The predicted octanol–water partition coefficient (Wildman–Crippen LogP) is 6.50. The average Bonchev–Trinajstić information content (AvgIpc) is 3.40. The van der Waals surface area contributed by atoms with E-state index in [1.807, 2.05) is 0 Å². The Bertz CT molecular complexity index is 760. The largest absolute Gasteiger partial charge is 0.360 e. The summed E-state index contributed by atoms with van der Waals surface area (Å²) in [5, 5.41) is 0. The number of hydrogen-bond acceptors (Lipinski definition) is 2. The number of rotatable bonds is 5. The highest BCUT2D eigenvalue weighted by atomic mass is 16.6. The van der Waals surface area contributed by atoms with Gasteiger partial charge in [0.05, 0.1) is 0 Å². The summed E-state index contributed by atoms with van der Waals surface area (Å²) in [5.74, 6) is 4.19. The van der Waals surface area contributed by atoms with Crippen LogP contribution in [0.3, 0.4) is 0 Å². The molecule has 4 fully saturated rings. The fourth-order valence-electron chi connectivity index (χ4n) is 8.23. The number of carbonyl (C=O) groups is 1. The highest BCUT2D eigenvalue weighted by Crippen LogP contribution is 2.67. The minimum atomic E-state index is -0.0953. The molecule has 3 saturated carbocycles. The molecule has 0 unspecified atom stereocenters. The van der Waals surface area contributed by atoms with Gasteiger partial charge in [-0.25, -0.2) is 0 Å². The van der Waals surface area contributed by atoms with E-state index in [1.165, 1.54) is 50.5 Å². The number of ether oxygens (including phenoxy) is 1. The van der Waals surface area contributed by atoms with Gasteiger partial charge in [0, 0.05) is 11.8 Å². The SMILES string of the molecule is CC(C)CCC[C@@H](C)[C@H]1CC[C@@H]2C3=CC=C4CC(=O)[C@@H]5O[C@H]5[C@@]4(C)[C@H]3CC[C@@]21C. The lowest BCUT2D eigenvalue weighted by atomic mass is 9.50. The lowest BCUT2D eigenvalue weighted by Crippen LogP contribution is -2.49. The molecule has 5 rings (SSSR count). The van der Waals surface area contributed by atoms with Crippen molar-refractivity contribution in [3.63, 3.8) is 0 Å². The van der Waals surface area contributed by atoms with Crippen molar-refractivity contribution in [2.75, 3.05) is 0 Å². The Morgan fingerprint density at radius 1 is 1.07 bits per heavy atom. The predicted molar refractivity (Wildman–Crippen MR) is 117 cm³/mol. The maximum atomic E-state index is 12.3. The Labute approximate surface area is 177 Å². The maximum Gasteiger partial charge on any atom is 0.168 e. The summed E-state index contributed by atoms with van der Waals surface area (Å²) in [6.45, 7) is 12.3. The van der Waals surface area contributed by atoms with E-state index in [2.05, 4.69) is 46.8 Å². The van der Waals surface area contributed by atoms with Crippen molar-refractivity contribution in [1.82, 2.24) is 0 Å². The molecule has 8 atom stereocenters. The summed E-state index contributed by atoms with van der Waals surface area (Å²) in [4.78, 5) is 12.3. The van der Waals surface area contributed by atoms with Crippen LogP contribution in [0.1, 0.15) is 86.0 Å². The van der Waals surface area contributed by atoms with Crippen LogP contribution >= 0.6 is 0 Å². The molecule has 0 aromatic carbocycles. The van der Waals surface area contributed by atoms with E-state index >= 15 is 0 Å². The zero-order chi connectivity index (χ0) is 20.6. The summed E-state index contributed by atoms with van der Waals surface area (Å²) in [6, 6.07) is 0. The minimum Gasteiger partial charge on any atom is -0.360 e. The number of hydrogen-bond donors (Lipinski definition) is 0. The Morgan fingerprint density at radius 3 is 2.62 bits per heavy atom. The van der Waals surface area contributed by atoms with Crippen molar-refractivity contribution < 1.29 is 9.53 Å². The van der Waals surface area contributed by atoms with Crippen LogP contribution in [0.5, 0.6) is 0 Å². The van der Waals surface area contributed by atoms with E-state index < -0.39 is 0 Å². The number of fused-ring (bicyclic) bond motifs is 7.